The van der Waals surface area contributed by atoms with Crippen molar-refractivity contribution in [3.05, 3.63) is 29.5 Å². The number of para-hydroxylation sites is 1. The van der Waals surface area contributed by atoms with Crippen LogP contribution in [0.5, 0.6) is 0 Å². The molecule has 1 fully saturated rings. The minimum Gasteiger partial charge on any atom is -0.368 e. The average molecular weight is 306 g/mol. The maximum atomic E-state index is 5.99. The summed E-state index contributed by atoms with van der Waals surface area (Å²) in [4.78, 5) is 13.4. The lowest BCUT2D eigenvalue weighted by atomic mass is 10.2. The van der Waals surface area contributed by atoms with Gasteiger partial charge in [-0.2, -0.15) is 0 Å². The Morgan fingerprint density at radius 1 is 1.14 bits per heavy atom. The van der Waals surface area contributed by atoms with Crippen LogP contribution in [-0.4, -0.2) is 66.1 Å². The van der Waals surface area contributed by atoms with Crippen molar-refractivity contribution in [1.29, 1.82) is 0 Å². The zero-order valence-electron chi connectivity index (χ0n) is 12.2. The van der Waals surface area contributed by atoms with E-state index in [0.29, 0.717) is 0 Å². The molecule has 1 aromatic carbocycles. The maximum Gasteiger partial charge on any atom is 0.224 e. The number of hydrogen-bond acceptors (Lipinski definition) is 5. The molecule has 1 aromatic heterocycles. The van der Waals surface area contributed by atoms with Gasteiger partial charge < -0.3 is 10.2 Å². The minimum atomic E-state index is 0.288. The SMILES string of the molecule is CN1CCN(CCNc2nc(Cl)nc3ccccc23)CC1. The van der Waals surface area contributed by atoms with Gasteiger partial charge in [0.25, 0.3) is 0 Å². The molecule has 1 N–H and O–H groups in total. The number of nitrogens with one attached hydrogen (secondary N) is 1. The molecule has 0 amide bonds. The Morgan fingerprint density at radius 2 is 1.90 bits per heavy atom. The van der Waals surface area contributed by atoms with Gasteiger partial charge in [0, 0.05) is 44.7 Å². The molecule has 0 unspecified atom stereocenters. The molecule has 21 heavy (non-hydrogen) atoms. The van der Waals surface area contributed by atoms with Crippen LogP contribution in [0.1, 0.15) is 0 Å². The second kappa shape index (κ2) is 6.56. The Bertz CT molecular complexity index is 610. The zero-order valence-corrected chi connectivity index (χ0v) is 13.0. The fourth-order valence-electron chi connectivity index (χ4n) is 2.59. The van der Waals surface area contributed by atoms with Crippen LogP contribution in [0.4, 0.5) is 5.82 Å². The van der Waals surface area contributed by atoms with Gasteiger partial charge in [-0.1, -0.05) is 12.1 Å². The highest BCUT2D eigenvalue weighted by Crippen LogP contribution is 2.21. The van der Waals surface area contributed by atoms with Crippen molar-refractivity contribution in [2.45, 2.75) is 0 Å². The number of fused-ring (bicyclic) bond motifs is 1. The van der Waals surface area contributed by atoms with Gasteiger partial charge in [-0.25, -0.2) is 9.97 Å². The molecule has 0 bridgehead atoms. The lowest BCUT2D eigenvalue weighted by Gasteiger charge is -2.32. The summed E-state index contributed by atoms with van der Waals surface area (Å²) in [7, 11) is 2.17. The Labute approximate surface area is 129 Å². The zero-order chi connectivity index (χ0) is 14.7. The van der Waals surface area contributed by atoms with E-state index in [-0.39, 0.29) is 5.28 Å². The molecule has 6 heteroatoms. The normalized spacial score (nSPS) is 17.2. The molecule has 0 spiro atoms. The Kier molecular flexibility index (Phi) is 4.53. The molecular formula is C15H20ClN5. The third-order valence-electron chi connectivity index (χ3n) is 3.89. The molecule has 0 radical (unpaired) electrons. The van der Waals surface area contributed by atoms with E-state index in [9.17, 15) is 0 Å². The number of piperazine rings is 1. The first-order valence-electron chi connectivity index (χ1n) is 7.29. The van der Waals surface area contributed by atoms with Gasteiger partial charge >= 0.3 is 0 Å². The van der Waals surface area contributed by atoms with E-state index in [1.54, 1.807) is 0 Å². The molecule has 2 aromatic rings. The molecule has 2 heterocycles. The highest BCUT2D eigenvalue weighted by Gasteiger charge is 2.13. The van der Waals surface area contributed by atoms with E-state index in [2.05, 4.69) is 32.1 Å². The smallest absolute Gasteiger partial charge is 0.224 e. The molecule has 1 saturated heterocycles. The van der Waals surface area contributed by atoms with Gasteiger partial charge in [-0.3, -0.25) is 4.90 Å². The van der Waals surface area contributed by atoms with Crippen LogP contribution < -0.4 is 5.32 Å². The van der Waals surface area contributed by atoms with Gasteiger partial charge in [0.15, 0.2) is 0 Å². The summed E-state index contributed by atoms with van der Waals surface area (Å²) in [5.74, 6) is 0.819. The van der Waals surface area contributed by atoms with Crippen LogP contribution in [0.15, 0.2) is 24.3 Å². The average Bonchev–Trinajstić information content (AvgIpc) is 2.49. The molecule has 0 aliphatic carbocycles. The molecule has 3 rings (SSSR count). The number of aromatic nitrogens is 2. The van der Waals surface area contributed by atoms with E-state index < -0.39 is 0 Å². The van der Waals surface area contributed by atoms with E-state index in [0.717, 1.165) is 56.0 Å². The number of likely N-dealkylation sites (N-methyl/N-ethyl adjacent to an activating group) is 1. The molecule has 0 atom stereocenters. The molecule has 0 saturated carbocycles. The van der Waals surface area contributed by atoms with Crippen molar-refractivity contribution in [3.63, 3.8) is 0 Å². The fraction of sp³-hybridized carbons (Fsp3) is 0.467. The summed E-state index contributed by atoms with van der Waals surface area (Å²) in [6.07, 6.45) is 0. The van der Waals surface area contributed by atoms with Gasteiger partial charge in [0.05, 0.1) is 5.52 Å². The lowest BCUT2D eigenvalue weighted by molar-refractivity contribution is 0.158. The maximum absolute atomic E-state index is 5.99. The third kappa shape index (κ3) is 3.61. The van der Waals surface area contributed by atoms with Crippen LogP contribution in [0, 0.1) is 0 Å². The van der Waals surface area contributed by atoms with Crippen molar-refractivity contribution >= 4 is 28.3 Å². The fourth-order valence-corrected chi connectivity index (χ4v) is 2.76. The molecular weight excluding hydrogens is 286 g/mol. The first-order chi connectivity index (χ1) is 10.2. The Balaban J connectivity index is 1.63. The molecule has 112 valence electrons. The third-order valence-corrected chi connectivity index (χ3v) is 4.06. The number of nitrogens with zero attached hydrogens (tertiary/aromatic N) is 4. The van der Waals surface area contributed by atoms with Gasteiger partial charge in [0.1, 0.15) is 5.82 Å². The summed E-state index contributed by atoms with van der Waals surface area (Å²) in [5.41, 5.74) is 0.875. The standard InChI is InChI=1S/C15H20ClN5/c1-20-8-10-21(11-9-20)7-6-17-14-12-4-2-3-5-13(12)18-15(16)19-14/h2-5H,6-11H2,1H3,(H,17,18,19). The number of benzene rings is 1. The molecule has 1 aliphatic heterocycles. The summed E-state index contributed by atoms with van der Waals surface area (Å²) in [5, 5.41) is 4.70. The summed E-state index contributed by atoms with van der Waals surface area (Å²) < 4.78 is 0. The van der Waals surface area contributed by atoms with E-state index in [1.165, 1.54) is 0 Å². The summed E-state index contributed by atoms with van der Waals surface area (Å²) in [6.45, 7) is 6.42. The van der Waals surface area contributed by atoms with Crippen molar-refractivity contribution in [2.75, 3.05) is 51.6 Å². The first kappa shape index (κ1) is 14.5. The van der Waals surface area contributed by atoms with Gasteiger partial charge in [0.2, 0.25) is 5.28 Å². The highest BCUT2D eigenvalue weighted by molar-refractivity contribution is 6.28. The second-order valence-corrected chi connectivity index (χ2v) is 5.77. The highest BCUT2D eigenvalue weighted by atomic mass is 35.5. The summed E-state index contributed by atoms with van der Waals surface area (Å²) in [6, 6.07) is 7.92. The minimum absolute atomic E-state index is 0.288. The molecule has 5 nitrogen and oxygen atoms in total. The summed E-state index contributed by atoms with van der Waals surface area (Å²) >= 11 is 5.99. The van der Waals surface area contributed by atoms with Crippen LogP contribution in [0.2, 0.25) is 5.28 Å². The van der Waals surface area contributed by atoms with Crippen molar-refractivity contribution in [2.24, 2.45) is 0 Å². The predicted octanol–water partition coefficient (Wildman–Crippen LogP) is 1.94. The number of rotatable bonds is 4. The largest absolute Gasteiger partial charge is 0.368 e. The predicted molar refractivity (Wildman–Crippen MR) is 87.0 cm³/mol. The van der Waals surface area contributed by atoms with Crippen LogP contribution in [0.25, 0.3) is 10.9 Å². The van der Waals surface area contributed by atoms with E-state index in [1.807, 2.05) is 24.3 Å². The van der Waals surface area contributed by atoms with Gasteiger partial charge in [-0.05, 0) is 30.8 Å². The topological polar surface area (TPSA) is 44.3 Å². The number of anilines is 1. The quantitative estimate of drug-likeness (QED) is 0.875. The van der Waals surface area contributed by atoms with E-state index >= 15 is 0 Å². The van der Waals surface area contributed by atoms with Crippen molar-refractivity contribution < 1.29 is 0 Å². The van der Waals surface area contributed by atoms with E-state index in [4.69, 9.17) is 11.6 Å². The van der Waals surface area contributed by atoms with Crippen LogP contribution in [0.3, 0.4) is 0 Å². The first-order valence-corrected chi connectivity index (χ1v) is 7.67. The van der Waals surface area contributed by atoms with Crippen LogP contribution in [-0.2, 0) is 0 Å². The van der Waals surface area contributed by atoms with Crippen molar-refractivity contribution in [1.82, 2.24) is 19.8 Å². The lowest BCUT2D eigenvalue weighted by Crippen LogP contribution is -2.45. The second-order valence-electron chi connectivity index (χ2n) is 5.43. The van der Waals surface area contributed by atoms with Crippen LogP contribution >= 0.6 is 11.6 Å². The van der Waals surface area contributed by atoms with Gasteiger partial charge in [-0.15, -0.1) is 0 Å². The number of hydrogen-bond donors (Lipinski definition) is 1. The Hall–Kier alpha value is -1.43. The number of halogens is 1. The Morgan fingerprint density at radius 3 is 2.71 bits per heavy atom. The monoisotopic (exact) mass is 305 g/mol. The molecule has 1 aliphatic rings. The van der Waals surface area contributed by atoms with Crippen molar-refractivity contribution in [3.8, 4) is 0 Å².